The maximum absolute atomic E-state index is 12.6. The zero-order valence-electron chi connectivity index (χ0n) is 18.8. The third kappa shape index (κ3) is 5.30. The quantitative estimate of drug-likeness (QED) is 0.635. The van der Waals surface area contributed by atoms with Crippen LogP contribution in [0.15, 0.2) is 48.5 Å². The number of amides is 1. The van der Waals surface area contributed by atoms with Gasteiger partial charge < -0.3 is 25.6 Å². The molecule has 3 atom stereocenters. The van der Waals surface area contributed by atoms with Crippen molar-refractivity contribution in [2.45, 2.75) is 50.7 Å². The molecular weight excluding hydrogens is 406 g/mol. The average Bonchev–Trinajstić information content (AvgIpc) is 2.78. The first-order valence-electron chi connectivity index (χ1n) is 11.2. The van der Waals surface area contributed by atoms with Gasteiger partial charge in [-0.15, -0.1) is 0 Å². The van der Waals surface area contributed by atoms with E-state index in [4.69, 9.17) is 15.2 Å². The molecule has 0 spiro atoms. The van der Waals surface area contributed by atoms with Crippen LogP contribution in [0.4, 0.5) is 0 Å². The summed E-state index contributed by atoms with van der Waals surface area (Å²) < 4.78 is 11.7. The highest BCUT2D eigenvalue weighted by atomic mass is 16.5. The van der Waals surface area contributed by atoms with Crippen molar-refractivity contribution < 1.29 is 19.4 Å². The molecule has 1 fully saturated rings. The molecule has 0 bridgehead atoms. The summed E-state index contributed by atoms with van der Waals surface area (Å²) in [5.41, 5.74) is 8.33. The summed E-state index contributed by atoms with van der Waals surface area (Å²) in [4.78, 5) is 14.9. The van der Waals surface area contributed by atoms with E-state index in [0.29, 0.717) is 18.9 Å². The van der Waals surface area contributed by atoms with E-state index in [1.807, 2.05) is 38.1 Å². The van der Waals surface area contributed by atoms with E-state index in [9.17, 15) is 9.90 Å². The number of hydrogen-bond acceptors (Lipinski definition) is 6. The van der Waals surface area contributed by atoms with Crippen molar-refractivity contribution in [3.8, 4) is 5.75 Å². The van der Waals surface area contributed by atoms with Crippen molar-refractivity contribution in [3.05, 3.63) is 65.2 Å². The van der Waals surface area contributed by atoms with Crippen molar-refractivity contribution >= 4 is 5.91 Å². The Morgan fingerprint density at radius 3 is 2.78 bits per heavy atom. The second kappa shape index (κ2) is 9.58. The largest absolute Gasteiger partial charge is 0.485 e. The Morgan fingerprint density at radius 2 is 2.00 bits per heavy atom. The van der Waals surface area contributed by atoms with Gasteiger partial charge >= 0.3 is 0 Å². The molecule has 4 rings (SSSR count). The Morgan fingerprint density at radius 1 is 1.22 bits per heavy atom. The van der Waals surface area contributed by atoms with Gasteiger partial charge in [0, 0.05) is 31.7 Å². The molecule has 0 radical (unpaired) electrons. The smallest absolute Gasteiger partial charge is 0.224 e. The molecule has 1 saturated heterocycles. The lowest BCUT2D eigenvalue weighted by molar-refractivity contribution is -0.121. The summed E-state index contributed by atoms with van der Waals surface area (Å²) in [7, 11) is 0. The molecule has 172 valence electrons. The Bertz CT molecular complexity index is 934. The molecule has 2 aromatic carbocycles. The lowest BCUT2D eigenvalue weighted by Crippen LogP contribution is -2.51. The Hall–Kier alpha value is -2.45. The van der Waals surface area contributed by atoms with Crippen LogP contribution in [0.3, 0.4) is 0 Å². The Kier molecular flexibility index (Phi) is 6.81. The fourth-order valence-electron chi connectivity index (χ4n) is 4.37. The molecule has 0 saturated carbocycles. The lowest BCUT2D eigenvalue weighted by atomic mass is 9.86. The zero-order valence-corrected chi connectivity index (χ0v) is 18.8. The van der Waals surface area contributed by atoms with E-state index in [1.165, 1.54) is 5.56 Å². The van der Waals surface area contributed by atoms with Gasteiger partial charge in [0.1, 0.15) is 17.5 Å². The number of aliphatic hydroxyl groups excluding tert-OH is 1. The van der Waals surface area contributed by atoms with Gasteiger partial charge in [-0.3, -0.25) is 9.69 Å². The average molecular weight is 440 g/mol. The highest BCUT2D eigenvalue weighted by molar-refractivity contribution is 5.78. The molecule has 7 heteroatoms. The zero-order chi connectivity index (χ0) is 22.7. The highest BCUT2D eigenvalue weighted by Crippen LogP contribution is 2.38. The molecule has 4 N–H and O–H groups in total. The third-order valence-corrected chi connectivity index (χ3v) is 6.22. The van der Waals surface area contributed by atoms with Crippen LogP contribution >= 0.6 is 0 Å². The summed E-state index contributed by atoms with van der Waals surface area (Å²) in [6, 6.07) is 15.4. The van der Waals surface area contributed by atoms with Crippen LogP contribution in [-0.4, -0.2) is 60.0 Å². The van der Waals surface area contributed by atoms with E-state index >= 15 is 0 Å². The molecule has 2 aromatic rings. The predicted octanol–water partition coefficient (Wildman–Crippen LogP) is 1.78. The maximum atomic E-state index is 12.6. The molecule has 0 aromatic heterocycles. The van der Waals surface area contributed by atoms with Gasteiger partial charge in [-0.05, 0) is 37.1 Å². The number of rotatable bonds is 6. The first kappa shape index (κ1) is 22.7. The van der Waals surface area contributed by atoms with Crippen LogP contribution in [-0.2, 0) is 22.5 Å². The van der Waals surface area contributed by atoms with Gasteiger partial charge in [-0.2, -0.15) is 0 Å². The fraction of sp³-hybridized carbons (Fsp3) is 0.480. The minimum atomic E-state index is -0.818. The fourth-order valence-corrected chi connectivity index (χ4v) is 4.37. The number of nitrogens with one attached hydrogen (secondary N) is 1. The summed E-state index contributed by atoms with van der Waals surface area (Å²) in [6.07, 6.45) is -0.611. The summed E-state index contributed by atoms with van der Waals surface area (Å²) >= 11 is 0. The number of carbonyl (C=O) groups excluding carboxylic acids is 1. The summed E-state index contributed by atoms with van der Waals surface area (Å²) in [6.45, 7) is 7.33. The van der Waals surface area contributed by atoms with E-state index in [2.05, 4.69) is 34.5 Å². The number of aliphatic hydroxyl groups is 1. The maximum Gasteiger partial charge on any atom is 0.224 e. The second-order valence-electron chi connectivity index (χ2n) is 9.24. The highest BCUT2D eigenvalue weighted by Gasteiger charge is 2.41. The molecule has 1 unspecified atom stereocenters. The summed E-state index contributed by atoms with van der Waals surface area (Å²) in [5.74, 6) is 0.589. The number of morpholine rings is 1. The topological polar surface area (TPSA) is 97.0 Å². The van der Waals surface area contributed by atoms with Gasteiger partial charge in [0.2, 0.25) is 5.91 Å². The van der Waals surface area contributed by atoms with Crippen LogP contribution in [0.2, 0.25) is 0 Å². The molecule has 1 amide bonds. The van der Waals surface area contributed by atoms with Gasteiger partial charge in [0.25, 0.3) is 0 Å². The van der Waals surface area contributed by atoms with Gasteiger partial charge in [0.05, 0.1) is 25.2 Å². The van der Waals surface area contributed by atoms with Crippen LogP contribution < -0.4 is 15.8 Å². The standard InChI is InChI=1S/C25H33N3O4/c1-25(2)24(30)23(26)20-12-18(8-9-21(20)32-25)13-22(29)27-14-19-16-28(10-11-31-19)15-17-6-4-3-5-7-17/h3-9,12,19,23-24,30H,10-11,13-16,26H2,1-2H3,(H,27,29)/t19?,23-,24+/m1/s1. The molecule has 0 aliphatic carbocycles. The number of nitrogens with zero attached hydrogens (tertiary/aromatic N) is 1. The van der Waals surface area contributed by atoms with E-state index in [0.717, 1.165) is 30.8 Å². The van der Waals surface area contributed by atoms with E-state index < -0.39 is 17.7 Å². The van der Waals surface area contributed by atoms with Crippen LogP contribution in [0.25, 0.3) is 0 Å². The second-order valence-corrected chi connectivity index (χ2v) is 9.24. The van der Waals surface area contributed by atoms with E-state index in [-0.39, 0.29) is 18.4 Å². The molecule has 32 heavy (non-hydrogen) atoms. The number of nitrogens with two attached hydrogens (primary N) is 1. The van der Waals surface area contributed by atoms with Crippen molar-refractivity contribution in [1.82, 2.24) is 10.2 Å². The van der Waals surface area contributed by atoms with Gasteiger partial charge in [-0.25, -0.2) is 0 Å². The molecule has 2 aliphatic heterocycles. The molecular formula is C25H33N3O4. The Labute approximate surface area is 189 Å². The monoisotopic (exact) mass is 439 g/mol. The first-order chi connectivity index (χ1) is 15.3. The number of ether oxygens (including phenoxy) is 2. The summed E-state index contributed by atoms with van der Waals surface area (Å²) in [5, 5.41) is 13.4. The van der Waals surface area contributed by atoms with Crippen LogP contribution in [0.5, 0.6) is 5.75 Å². The number of carbonyl (C=O) groups is 1. The first-order valence-corrected chi connectivity index (χ1v) is 11.2. The number of fused-ring (bicyclic) bond motifs is 1. The van der Waals surface area contributed by atoms with Crippen molar-refractivity contribution in [2.24, 2.45) is 5.73 Å². The van der Waals surface area contributed by atoms with Gasteiger partial charge in [0.15, 0.2) is 0 Å². The predicted molar refractivity (Wildman–Crippen MR) is 122 cm³/mol. The molecule has 2 heterocycles. The molecule has 7 nitrogen and oxygen atoms in total. The third-order valence-electron chi connectivity index (χ3n) is 6.22. The lowest BCUT2D eigenvalue weighted by Gasteiger charge is -2.40. The van der Waals surface area contributed by atoms with E-state index in [1.54, 1.807) is 0 Å². The minimum absolute atomic E-state index is 0.0286. The number of benzene rings is 2. The van der Waals surface area contributed by atoms with Crippen molar-refractivity contribution in [1.29, 1.82) is 0 Å². The van der Waals surface area contributed by atoms with Gasteiger partial charge in [-0.1, -0.05) is 36.4 Å². The SMILES string of the molecule is CC1(C)Oc2ccc(CC(=O)NCC3CN(Cc4ccccc4)CCO3)cc2[C@@H](N)[C@@H]1O. The minimum Gasteiger partial charge on any atom is -0.485 e. The van der Waals surface area contributed by atoms with Crippen LogP contribution in [0.1, 0.15) is 36.6 Å². The molecule has 2 aliphatic rings. The number of hydrogen-bond donors (Lipinski definition) is 3. The van der Waals surface area contributed by atoms with Crippen LogP contribution in [0, 0.1) is 0 Å². The van der Waals surface area contributed by atoms with Crippen molar-refractivity contribution in [3.63, 3.8) is 0 Å². The normalized spacial score (nSPS) is 24.9. The van der Waals surface area contributed by atoms with Crippen molar-refractivity contribution in [2.75, 3.05) is 26.2 Å². The Balaban J connectivity index is 1.29.